The molecule has 1 atom stereocenters. The summed E-state index contributed by atoms with van der Waals surface area (Å²) in [5.74, 6) is 0.504. The number of carbonyl (C=O) groups is 2. The molecule has 2 aromatic rings. The lowest BCUT2D eigenvalue weighted by atomic mass is 9.84. The zero-order valence-electron chi connectivity index (χ0n) is 17.2. The summed E-state index contributed by atoms with van der Waals surface area (Å²) >= 11 is 0. The van der Waals surface area contributed by atoms with Gasteiger partial charge in [0.05, 0.1) is 6.54 Å². The average Bonchev–Trinajstić information content (AvgIpc) is 2.86. The van der Waals surface area contributed by atoms with Crippen LogP contribution in [0, 0.1) is 6.92 Å². The van der Waals surface area contributed by atoms with Crippen LogP contribution in [0.2, 0.25) is 0 Å². The fourth-order valence-electron chi connectivity index (χ4n) is 3.36. The number of rotatable bonds is 5. The van der Waals surface area contributed by atoms with Crippen molar-refractivity contribution in [2.75, 3.05) is 13.2 Å². The second-order valence-corrected chi connectivity index (χ2v) is 8.45. The van der Waals surface area contributed by atoms with Crippen LogP contribution in [0.5, 0.6) is 5.75 Å². The van der Waals surface area contributed by atoms with Crippen LogP contribution in [-0.4, -0.2) is 30.0 Å². The van der Waals surface area contributed by atoms with Crippen LogP contribution in [0.4, 0.5) is 4.79 Å². The molecule has 1 heterocycles. The second-order valence-electron chi connectivity index (χ2n) is 8.45. The standard InChI is InChI=1S/C23H28N2O3/c1-16-8-6-7-9-19(16)28-15-14-25-20(26)23(5,24-21(25)27)18-12-10-17(11-13-18)22(2,3)4/h6-13H,14-15H2,1-5H3,(H,24,27). The van der Waals surface area contributed by atoms with Gasteiger partial charge in [-0.1, -0.05) is 63.2 Å². The zero-order chi connectivity index (χ0) is 20.5. The number of nitrogens with zero attached hydrogens (tertiary/aromatic N) is 1. The fourth-order valence-corrected chi connectivity index (χ4v) is 3.36. The molecule has 3 amide bonds. The van der Waals surface area contributed by atoms with Gasteiger partial charge >= 0.3 is 6.03 Å². The van der Waals surface area contributed by atoms with Crippen LogP contribution in [0.3, 0.4) is 0 Å². The van der Waals surface area contributed by atoms with Crippen molar-refractivity contribution < 1.29 is 14.3 Å². The van der Waals surface area contributed by atoms with E-state index < -0.39 is 5.54 Å². The third kappa shape index (κ3) is 3.75. The van der Waals surface area contributed by atoms with E-state index in [0.717, 1.165) is 16.9 Å². The molecule has 0 saturated carbocycles. The highest BCUT2D eigenvalue weighted by Crippen LogP contribution is 2.31. The topological polar surface area (TPSA) is 58.6 Å². The highest BCUT2D eigenvalue weighted by molar-refractivity contribution is 6.07. The Morgan fingerprint density at radius 2 is 1.68 bits per heavy atom. The highest BCUT2D eigenvalue weighted by Gasteiger charge is 2.48. The van der Waals surface area contributed by atoms with Gasteiger partial charge in [-0.15, -0.1) is 0 Å². The Bertz CT molecular complexity index is 883. The minimum Gasteiger partial charge on any atom is -0.491 e. The van der Waals surface area contributed by atoms with E-state index in [2.05, 4.69) is 26.1 Å². The van der Waals surface area contributed by atoms with Crippen LogP contribution in [0.1, 0.15) is 44.4 Å². The number of carbonyl (C=O) groups excluding carboxylic acids is 2. The van der Waals surface area contributed by atoms with Gasteiger partial charge in [-0.25, -0.2) is 4.79 Å². The number of hydrogen-bond donors (Lipinski definition) is 1. The summed E-state index contributed by atoms with van der Waals surface area (Å²) in [4.78, 5) is 26.7. The number of aryl methyl sites for hydroxylation is 1. The van der Waals surface area contributed by atoms with Crippen molar-refractivity contribution in [3.05, 3.63) is 65.2 Å². The highest BCUT2D eigenvalue weighted by atomic mass is 16.5. The van der Waals surface area contributed by atoms with Crippen molar-refractivity contribution in [3.63, 3.8) is 0 Å². The molecular formula is C23H28N2O3. The van der Waals surface area contributed by atoms with Crippen molar-refractivity contribution in [3.8, 4) is 5.75 Å². The predicted octanol–water partition coefficient (Wildman–Crippen LogP) is 4.14. The average molecular weight is 380 g/mol. The molecule has 5 heteroatoms. The number of ether oxygens (including phenoxy) is 1. The molecule has 1 aliphatic rings. The number of imide groups is 1. The maximum absolute atomic E-state index is 13.0. The molecule has 3 rings (SSSR count). The van der Waals surface area contributed by atoms with Crippen LogP contribution >= 0.6 is 0 Å². The first kappa shape index (κ1) is 19.9. The lowest BCUT2D eigenvalue weighted by Crippen LogP contribution is -2.41. The summed E-state index contributed by atoms with van der Waals surface area (Å²) in [6.45, 7) is 10.6. The lowest BCUT2D eigenvalue weighted by Gasteiger charge is -2.24. The molecule has 1 aliphatic heterocycles. The van der Waals surface area contributed by atoms with E-state index in [9.17, 15) is 9.59 Å². The lowest BCUT2D eigenvalue weighted by molar-refractivity contribution is -0.131. The molecule has 0 aliphatic carbocycles. The Kier molecular flexibility index (Phi) is 5.20. The number of amides is 3. The van der Waals surface area contributed by atoms with E-state index >= 15 is 0 Å². The quantitative estimate of drug-likeness (QED) is 0.793. The summed E-state index contributed by atoms with van der Waals surface area (Å²) in [7, 11) is 0. The van der Waals surface area contributed by atoms with E-state index in [1.54, 1.807) is 6.92 Å². The Hall–Kier alpha value is -2.82. The Morgan fingerprint density at radius 1 is 1.04 bits per heavy atom. The molecule has 1 fully saturated rings. The van der Waals surface area contributed by atoms with Crippen LogP contribution in [0.15, 0.2) is 48.5 Å². The first-order valence-corrected chi connectivity index (χ1v) is 9.56. The first-order chi connectivity index (χ1) is 13.1. The van der Waals surface area contributed by atoms with Gasteiger partial charge in [-0.05, 0) is 42.0 Å². The van der Waals surface area contributed by atoms with Crippen molar-refractivity contribution >= 4 is 11.9 Å². The van der Waals surface area contributed by atoms with Crippen LogP contribution in [0.25, 0.3) is 0 Å². The van der Waals surface area contributed by atoms with Gasteiger partial charge in [0, 0.05) is 0 Å². The minimum absolute atomic E-state index is 0.0291. The molecule has 0 spiro atoms. The molecule has 1 N–H and O–H groups in total. The van der Waals surface area contributed by atoms with Gasteiger partial charge in [0.15, 0.2) is 0 Å². The van der Waals surface area contributed by atoms with Crippen LogP contribution < -0.4 is 10.1 Å². The smallest absolute Gasteiger partial charge is 0.325 e. The van der Waals surface area contributed by atoms with Crippen molar-refractivity contribution in [2.45, 2.75) is 45.6 Å². The Balaban J connectivity index is 1.71. The van der Waals surface area contributed by atoms with Gasteiger partial charge in [-0.2, -0.15) is 0 Å². The summed E-state index contributed by atoms with van der Waals surface area (Å²) in [6.07, 6.45) is 0. The molecule has 148 valence electrons. The van der Waals surface area contributed by atoms with Gasteiger partial charge in [0.1, 0.15) is 17.9 Å². The SMILES string of the molecule is Cc1ccccc1OCCN1C(=O)NC(C)(c2ccc(C(C)(C)C)cc2)C1=O. The third-order valence-electron chi connectivity index (χ3n) is 5.27. The van der Waals surface area contributed by atoms with Gasteiger partial charge < -0.3 is 10.1 Å². The number of urea groups is 1. The molecule has 1 saturated heterocycles. The van der Waals surface area contributed by atoms with Gasteiger partial charge in [0.2, 0.25) is 0 Å². The van der Waals surface area contributed by atoms with E-state index in [-0.39, 0.29) is 30.5 Å². The van der Waals surface area contributed by atoms with Crippen LogP contribution in [-0.2, 0) is 15.7 Å². The Labute approximate surface area is 166 Å². The fraction of sp³-hybridized carbons (Fsp3) is 0.391. The maximum atomic E-state index is 13.0. The van der Waals surface area contributed by atoms with E-state index in [4.69, 9.17) is 4.74 Å². The predicted molar refractivity (Wildman–Crippen MR) is 109 cm³/mol. The molecule has 0 aromatic heterocycles. The molecule has 28 heavy (non-hydrogen) atoms. The van der Waals surface area contributed by atoms with Gasteiger partial charge in [0.25, 0.3) is 5.91 Å². The van der Waals surface area contributed by atoms with Crippen molar-refractivity contribution in [1.82, 2.24) is 10.2 Å². The summed E-state index contributed by atoms with van der Waals surface area (Å²) in [5.41, 5.74) is 1.95. The molecule has 1 unspecified atom stereocenters. The van der Waals surface area contributed by atoms with Crippen molar-refractivity contribution in [2.24, 2.45) is 0 Å². The zero-order valence-corrected chi connectivity index (χ0v) is 17.2. The number of hydrogen-bond acceptors (Lipinski definition) is 3. The second kappa shape index (κ2) is 7.30. The van der Waals surface area contributed by atoms with E-state index in [1.807, 2.05) is 55.5 Å². The number of para-hydroxylation sites is 1. The molecule has 0 bridgehead atoms. The molecule has 5 nitrogen and oxygen atoms in total. The summed E-state index contributed by atoms with van der Waals surface area (Å²) in [6, 6.07) is 15.2. The number of nitrogens with one attached hydrogen (secondary N) is 1. The molecule has 0 radical (unpaired) electrons. The number of benzene rings is 2. The largest absolute Gasteiger partial charge is 0.491 e. The minimum atomic E-state index is -1.06. The monoisotopic (exact) mass is 380 g/mol. The summed E-state index contributed by atoms with van der Waals surface area (Å²) < 4.78 is 5.75. The maximum Gasteiger partial charge on any atom is 0.325 e. The molecule has 2 aromatic carbocycles. The molecular weight excluding hydrogens is 352 g/mol. The first-order valence-electron chi connectivity index (χ1n) is 9.56. The summed E-state index contributed by atoms with van der Waals surface area (Å²) in [5, 5.41) is 2.85. The van der Waals surface area contributed by atoms with Gasteiger partial charge in [-0.3, -0.25) is 9.69 Å². The normalized spacial score (nSPS) is 19.7. The van der Waals surface area contributed by atoms with E-state index in [1.165, 1.54) is 10.5 Å². The van der Waals surface area contributed by atoms with Crippen molar-refractivity contribution in [1.29, 1.82) is 0 Å². The Morgan fingerprint density at radius 3 is 2.29 bits per heavy atom. The van der Waals surface area contributed by atoms with E-state index in [0.29, 0.717) is 0 Å². The third-order valence-corrected chi connectivity index (χ3v) is 5.27.